The number of nitrogens with zero attached hydrogens (tertiary/aromatic N) is 3. The summed E-state index contributed by atoms with van der Waals surface area (Å²) in [5, 5.41) is 10.5. The van der Waals surface area contributed by atoms with E-state index in [1.165, 1.54) is 6.20 Å². The Balaban J connectivity index is 2.26. The summed E-state index contributed by atoms with van der Waals surface area (Å²) in [5.41, 5.74) is 4.84. The summed E-state index contributed by atoms with van der Waals surface area (Å²) in [6, 6.07) is 0. The van der Waals surface area contributed by atoms with Crippen molar-refractivity contribution in [3.63, 3.8) is 0 Å². The molecule has 0 aromatic carbocycles. The Bertz CT molecular complexity index is 396. The zero-order valence-electron chi connectivity index (χ0n) is 9.15. The monoisotopic (exact) mass is 242 g/mol. The van der Waals surface area contributed by atoms with E-state index in [-0.39, 0.29) is 5.95 Å². The molecule has 1 fully saturated rings. The molecule has 1 aromatic heterocycles. The van der Waals surface area contributed by atoms with Gasteiger partial charge in [-0.2, -0.15) is 4.98 Å². The SMILES string of the molecule is CC1(O)CCCN(c2nc(N)ncc2Cl)C1. The van der Waals surface area contributed by atoms with Crippen molar-refractivity contribution in [2.24, 2.45) is 0 Å². The first-order chi connectivity index (χ1) is 7.48. The van der Waals surface area contributed by atoms with Gasteiger partial charge in [-0.05, 0) is 19.8 Å². The van der Waals surface area contributed by atoms with Crippen molar-refractivity contribution in [2.45, 2.75) is 25.4 Å². The van der Waals surface area contributed by atoms with E-state index < -0.39 is 5.60 Å². The molecule has 5 nitrogen and oxygen atoms in total. The highest BCUT2D eigenvalue weighted by molar-refractivity contribution is 6.32. The molecule has 1 saturated heterocycles. The Morgan fingerprint density at radius 3 is 3.06 bits per heavy atom. The molecule has 0 aliphatic carbocycles. The van der Waals surface area contributed by atoms with Crippen LogP contribution in [0, 0.1) is 0 Å². The molecule has 0 amide bonds. The van der Waals surface area contributed by atoms with Gasteiger partial charge in [0.1, 0.15) is 5.02 Å². The Morgan fingerprint density at radius 2 is 2.38 bits per heavy atom. The van der Waals surface area contributed by atoms with Crippen LogP contribution in [0.3, 0.4) is 0 Å². The highest BCUT2D eigenvalue weighted by atomic mass is 35.5. The highest BCUT2D eigenvalue weighted by Gasteiger charge is 2.30. The van der Waals surface area contributed by atoms with Crippen molar-refractivity contribution in [1.29, 1.82) is 0 Å². The summed E-state index contributed by atoms with van der Waals surface area (Å²) >= 11 is 6.02. The van der Waals surface area contributed by atoms with Crippen LogP contribution >= 0.6 is 11.6 Å². The van der Waals surface area contributed by atoms with E-state index in [1.807, 2.05) is 11.8 Å². The number of piperidine rings is 1. The molecule has 16 heavy (non-hydrogen) atoms. The van der Waals surface area contributed by atoms with Gasteiger partial charge in [-0.15, -0.1) is 0 Å². The number of nitrogens with two attached hydrogens (primary N) is 1. The van der Waals surface area contributed by atoms with Gasteiger partial charge in [-0.25, -0.2) is 4.98 Å². The first-order valence-electron chi connectivity index (χ1n) is 5.23. The van der Waals surface area contributed by atoms with Crippen LogP contribution in [-0.4, -0.2) is 33.8 Å². The topological polar surface area (TPSA) is 75.3 Å². The fourth-order valence-corrected chi connectivity index (χ4v) is 2.20. The molecule has 1 aliphatic rings. The predicted octanol–water partition coefficient (Wildman–Crippen LogP) is 1.06. The van der Waals surface area contributed by atoms with E-state index >= 15 is 0 Å². The third-order valence-electron chi connectivity index (χ3n) is 2.72. The molecule has 0 bridgehead atoms. The molecule has 0 spiro atoms. The minimum absolute atomic E-state index is 0.199. The maximum Gasteiger partial charge on any atom is 0.222 e. The van der Waals surface area contributed by atoms with E-state index in [2.05, 4.69) is 9.97 Å². The van der Waals surface area contributed by atoms with E-state index in [4.69, 9.17) is 17.3 Å². The standard InChI is InChI=1S/C10H15ClN4O/c1-10(16)3-2-4-15(6-10)8-7(11)5-13-9(12)14-8/h5,16H,2-4,6H2,1H3,(H2,12,13,14). The fraction of sp³-hybridized carbons (Fsp3) is 0.600. The lowest BCUT2D eigenvalue weighted by Crippen LogP contribution is -2.46. The van der Waals surface area contributed by atoms with Gasteiger partial charge in [0.25, 0.3) is 0 Å². The number of aliphatic hydroxyl groups is 1. The normalized spacial score (nSPS) is 25.8. The molecule has 2 rings (SSSR count). The Morgan fingerprint density at radius 1 is 1.62 bits per heavy atom. The van der Waals surface area contributed by atoms with Crippen LogP contribution in [0.4, 0.5) is 11.8 Å². The van der Waals surface area contributed by atoms with E-state index in [0.29, 0.717) is 17.4 Å². The smallest absolute Gasteiger partial charge is 0.222 e. The first-order valence-corrected chi connectivity index (χ1v) is 5.61. The van der Waals surface area contributed by atoms with Crippen LogP contribution < -0.4 is 10.6 Å². The van der Waals surface area contributed by atoms with Crippen LogP contribution in [0.15, 0.2) is 6.20 Å². The molecule has 1 unspecified atom stereocenters. The molecule has 3 N–H and O–H groups in total. The van der Waals surface area contributed by atoms with Crippen molar-refractivity contribution in [2.75, 3.05) is 23.7 Å². The number of hydrogen-bond acceptors (Lipinski definition) is 5. The largest absolute Gasteiger partial charge is 0.388 e. The maximum absolute atomic E-state index is 10.0. The zero-order chi connectivity index (χ0) is 11.8. The Labute approximate surface area is 99.3 Å². The summed E-state index contributed by atoms with van der Waals surface area (Å²) in [7, 11) is 0. The fourth-order valence-electron chi connectivity index (χ4n) is 1.99. The van der Waals surface area contributed by atoms with Crippen LogP contribution in [-0.2, 0) is 0 Å². The van der Waals surface area contributed by atoms with Crippen molar-refractivity contribution in [1.82, 2.24) is 9.97 Å². The number of aromatic nitrogens is 2. The zero-order valence-corrected chi connectivity index (χ0v) is 9.91. The van der Waals surface area contributed by atoms with Gasteiger partial charge in [0.2, 0.25) is 5.95 Å². The van der Waals surface area contributed by atoms with Crippen LogP contribution in [0.2, 0.25) is 5.02 Å². The van der Waals surface area contributed by atoms with Gasteiger partial charge < -0.3 is 15.7 Å². The summed E-state index contributed by atoms with van der Waals surface area (Å²) in [4.78, 5) is 9.88. The summed E-state index contributed by atoms with van der Waals surface area (Å²) in [5.74, 6) is 0.804. The molecule has 1 aliphatic heterocycles. The van der Waals surface area contributed by atoms with Crippen molar-refractivity contribution in [3.8, 4) is 0 Å². The van der Waals surface area contributed by atoms with Crippen LogP contribution in [0.5, 0.6) is 0 Å². The van der Waals surface area contributed by atoms with Gasteiger partial charge in [-0.3, -0.25) is 0 Å². The maximum atomic E-state index is 10.0. The second-order valence-electron chi connectivity index (χ2n) is 4.42. The van der Waals surface area contributed by atoms with Gasteiger partial charge in [0, 0.05) is 13.1 Å². The van der Waals surface area contributed by atoms with Crippen molar-refractivity contribution >= 4 is 23.4 Å². The number of halogens is 1. The number of rotatable bonds is 1. The minimum atomic E-state index is -0.693. The average Bonchev–Trinajstić information content (AvgIpc) is 2.20. The second-order valence-corrected chi connectivity index (χ2v) is 4.83. The van der Waals surface area contributed by atoms with Gasteiger partial charge in [0.15, 0.2) is 5.82 Å². The summed E-state index contributed by atoms with van der Waals surface area (Å²) < 4.78 is 0. The van der Waals surface area contributed by atoms with Crippen molar-refractivity contribution in [3.05, 3.63) is 11.2 Å². The van der Waals surface area contributed by atoms with Crippen LogP contribution in [0.25, 0.3) is 0 Å². The molecule has 1 aromatic rings. The number of hydrogen-bond donors (Lipinski definition) is 2. The van der Waals surface area contributed by atoms with Crippen molar-refractivity contribution < 1.29 is 5.11 Å². The lowest BCUT2D eigenvalue weighted by Gasteiger charge is -2.37. The molecule has 88 valence electrons. The molecular formula is C10H15ClN4O. The lowest BCUT2D eigenvalue weighted by atomic mass is 9.95. The van der Waals surface area contributed by atoms with E-state index in [1.54, 1.807) is 0 Å². The molecule has 0 saturated carbocycles. The third kappa shape index (κ3) is 2.36. The molecular weight excluding hydrogens is 228 g/mol. The number of β-amino-alcohol motifs (C(OH)–C–C–N with tert-alkyl or cyclic N) is 1. The predicted molar refractivity (Wildman–Crippen MR) is 63.5 cm³/mol. The lowest BCUT2D eigenvalue weighted by molar-refractivity contribution is 0.0447. The minimum Gasteiger partial charge on any atom is -0.388 e. The van der Waals surface area contributed by atoms with Gasteiger partial charge in [-0.1, -0.05) is 11.6 Å². The summed E-state index contributed by atoms with van der Waals surface area (Å²) in [6.45, 7) is 3.16. The number of nitrogen functional groups attached to an aromatic ring is 1. The third-order valence-corrected chi connectivity index (χ3v) is 2.99. The van der Waals surface area contributed by atoms with Gasteiger partial charge in [0.05, 0.1) is 11.8 Å². The first kappa shape index (κ1) is 11.4. The van der Waals surface area contributed by atoms with Gasteiger partial charge >= 0.3 is 0 Å². The second kappa shape index (κ2) is 4.07. The van der Waals surface area contributed by atoms with E-state index in [9.17, 15) is 5.11 Å². The highest BCUT2D eigenvalue weighted by Crippen LogP contribution is 2.29. The molecule has 0 radical (unpaired) electrons. The average molecular weight is 243 g/mol. The molecule has 1 atom stereocenters. The Hall–Kier alpha value is -1.07. The Kier molecular flexibility index (Phi) is 2.90. The van der Waals surface area contributed by atoms with Crippen LogP contribution in [0.1, 0.15) is 19.8 Å². The van der Waals surface area contributed by atoms with E-state index in [0.717, 1.165) is 19.4 Å². The molecule has 6 heteroatoms. The summed E-state index contributed by atoms with van der Waals surface area (Å²) in [6.07, 6.45) is 3.19. The number of anilines is 2. The molecule has 2 heterocycles. The quantitative estimate of drug-likeness (QED) is 0.770.